The van der Waals surface area contributed by atoms with Crippen LogP contribution < -0.4 is 10.5 Å². The minimum atomic E-state index is 0.125. The summed E-state index contributed by atoms with van der Waals surface area (Å²) in [6.07, 6.45) is 4.71. The zero-order valence-corrected chi connectivity index (χ0v) is 11.0. The average molecular weight is 254 g/mol. The van der Waals surface area contributed by atoms with Gasteiger partial charge in [0.25, 0.3) is 0 Å². The predicted octanol–water partition coefficient (Wildman–Crippen LogP) is 3.41. The SMILES string of the molecule is CC(N)Cc1cccc(Cl)c1OCC1CCC1. The van der Waals surface area contributed by atoms with Gasteiger partial charge in [-0.1, -0.05) is 30.2 Å². The van der Waals surface area contributed by atoms with Gasteiger partial charge in [0.1, 0.15) is 5.75 Å². The van der Waals surface area contributed by atoms with E-state index in [1.807, 2.05) is 25.1 Å². The molecule has 0 heterocycles. The summed E-state index contributed by atoms with van der Waals surface area (Å²) in [6.45, 7) is 2.78. The Morgan fingerprint density at radius 1 is 1.47 bits per heavy atom. The smallest absolute Gasteiger partial charge is 0.141 e. The zero-order valence-electron chi connectivity index (χ0n) is 10.3. The molecule has 0 saturated heterocycles. The molecule has 0 spiro atoms. The Morgan fingerprint density at radius 3 is 2.82 bits per heavy atom. The summed E-state index contributed by atoms with van der Waals surface area (Å²) in [5.41, 5.74) is 6.96. The first-order valence-corrected chi connectivity index (χ1v) is 6.70. The molecule has 1 aliphatic rings. The van der Waals surface area contributed by atoms with Gasteiger partial charge < -0.3 is 10.5 Å². The van der Waals surface area contributed by atoms with E-state index in [1.54, 1.807) is 0 Å². The van der Waals surface area contributed by atoms with Crippen LogP contribution in [0.2, 0.25) is 5.02 Å². The molecule has 1 atom stereocenters. The molecule has 2 N–H and O–H groups in total. The van der Waals surface area contributed by atoms with E-state index >= 15 is 0 Å². The van der Waals surface area contributed by atoms with Crippen molar-refractivity contribution in [1.82, 2.24) is 0 Å². The van der Waals surface area contributed by atoms with Gasteiger partial charge in [-0.2, -0.15) is 0 Å². The molecule has 1 aromatic rings. The summed E-state index contributed by atoms with van der Waals surface area (Å²) >= 11 is 6.19. The van der Waals surface area contributed by atoms with Crippen LogP contribution in [0.4, 0.5) is 0 Å². The van der Waals surface area contributed by atoms with Gasteiger partial charge in [-0.25, -0.2) is 0 Å². The fourth-order valence-corrected chi connectivity index (χ4v) is 2.33. The van der Waals surface area contributed by atoms with Crippen LogP contribution in [0.3, 0.4) is 0 Å². The highest BCUT2D eigenvalue weighted by Crippen LogP contribution is 2.32. The Kier molecular flexibility index (Phi) is 4.30. The topological polar surface area (TPSA) is 35.2 Å². The maximum absolute atomic E-state index is 6.19. The number of para-hydroxylation sites is 1. The normalized spacial score (nSPS) is 17.6. The second kappa shape index (κ2) is 5.74. The molecular formula is C14H20ClNO. The van der Waals surface area contributed by atoms with E-state index in [9.17, 15) is 0 Å². The number of ether oxygens (including phenoxy) is 1. The van der Waals surface area contributed by atoms with Crippen LogP contribution in [0.1, 0.15) is 31.7 Å². The van der Waals surface area contributed by atoms with Crippen molar-refractivity contribution in [3.63, 3.8) is 0 Å². The molecule has 1 unspecified atom stereocenters. The van der Waals surface area contributed by atoms with Crippen LogP contribution in [-0.4, -0.2) is 12.6 Å². The van der Waals surface area contributed by atoms with Gasteiger partial charge in [-0.05, 0) is 43.7 Å². The lowest BCUT2D eigenvalue weighted by molar-refractivity contribution is 0.179. The third-order valence-corrected chi connectivity index (χ3v) is 3.58. The van der Waals surface area contributed by atoms with Gasteiger partial charge in [0, 0.05) is 6.04 Å². The van der Waals surface area contributed by atoms with Crippen molar-refractivity contribution in [3.8, 4) is 5.75 Å². The fraction of sp³-hybridized carbons (Fsp3) is 0.571. The highest BCUT2D eigenvalue weighted by atomic mass is 35.5. The molecule has 1 aliphatic carbocycles. The van der Waals surface area contributed by atoms with Crippen LogP contribution >= 0.6 is 11.6 Å². The summed E-state index contributed by atoms with van der Waals surface area (Å²) in [5.74, 6) is 1.55. The van der Waals surface area contributed by atoms with Gasteiger partial charge in [-0.15, -0.1) is 0 Å². The van der Waals surface area contributed by atoms with Crippen molar-refractivity contribution in [2.45, 2.75) is 38.6 Å². The first kappa shape index (κ1) is 12.7. The molecule has 0 bridgehead atoms. The van der Waals surface area contributed by atoms with Gasteiger partial charge in [-0.3, -0.25) is 0 Å². The molecule has 2 rings (SSSR count). The van der Waals surface area contributed by atoms with Crippen molar-refractivity contribution < 1.29 is 4.74 Å². The van der Waals surface area contributed by atoms with E-state index in [4.69, 9.17) is 22.1 Å². The summed E-state index contributed by atoms with van der Waals surface area (Å²) in [6, 6.07) is 6.00. The van der Waals surface area contributed by atoms with Gasteiger partial charge in [0.05, 0.1) is 11.6 Å². The second-order valence-electron chi connectivity index (χ2n) is 5.02. The molecular weight excluding hydrogens is 234 g/mol. The Balaban J connectivity index is 2.05. The molecule has 0 amide bonds. The first-order chi connectivity index (χ1) is 8.16. The third-order valence-electron chi connectivity index (χ3n) is 3.28. The van der Waals surface area contributed by atoms with Gasteiger partial charge in [0.15, 0.2) is 0 Å². The van der Waals surface area contributed by atoms with E-state index in [2.05, 4.69) is 0 Å². The van der Waals surface area contributed by atoms with E-state index < -0.39 is 0 Å². The third kappa shape index (κ3) is 3.36. The Bertz CT molecular complexity index is 374. The van der Waals surface area contributed by atoms with Crippen molar-refractivity contribution in [2.24, 2.45) is 11.7 Å². The number of hydrogen-bond donors (Lipinski definition) is 1. The van der Waals surface area contributed by atoms with Crippen LogP contribution in [0.15, 0.2) is 18.2 Å². The van der Waals surface area contributed by atoms with E-state index in [0.717, 1.165) is 30.3 Å². The van der Waals surface area contributed by atoms with Crippen LogP contribution in [0, 0.1) is 5.92 Å². The number of benzene rings is 1. The minimum absolute atomic E-state index is 0.125. The lowest BCUT2D eigenvalue weighted by Gasteiger charge is -2.26. The van der Waals surface area contributed by atoms with Gasteiger partial charge >= 0.3 is 0 Å². The molecule has 17 heavy (non-hydrogen) atoms. The molecule has 0 aromatic heterocycles. The Hall–Kier alpha value is -0.730. The molecule has 0 aliphatic heterocycles. The number of rotatable bonds is 5. The quantitative estimate of drug-likeness (QED) is 0.873. The molecule has 2 nitrogen and oxygen atoms in total. The van der Waals surface area contributed by atoms with Gasteiger partial charge in [0.2, 0.25) is 0 Å². The largest absolute Gasteiger partial charge is 0.491 e. The van der Waals surface area contributed by atoms with Crippen LogP contribution in [0.5, 0.6) is 5.75 Å². The lowest BCUT2D eigenvalue weighted by Crippen LogP contribution is -2.21. The Labute approximate surface area is 108 Å². The molecule has 1 fully saturated rings. The molecule has 1 aromatic carbocycles. The number of nitrogens with two attached hydrogens (primary N) is 1. The van der Waals surface area contributed by atoms with Crippen LogP contribution in [0.25, 0.3) is 0 Å². The van der Waals surface area contributed by atoms with Crippen LogP contribution in [-0.2, 0) is 6.42 Å². The summed E-state index contributed by atoms with van der Waals surface area (Å²) < 4.78 is 5.89. The monoisotopic (exact) mass is 253 g/mol. The summed E-state index contributed by atoms with van der Waals surface area (Å²) in [5, 5.41) is 0.697. The second-order valence-corrected chi connectivity index (χ2v) is 5.42. The fourth-order valence-electron chi connectivity index (χ4n) is 2.08. The zero-order chi connectivity index (χ0) is 12.3. The standard InChI is InChI=1S/C14H20ClNO/c1-10(16)8-12-6-3-7-13(15)14(12)17-9-11-4-2-5-11/h3,6-7,10-11H,2,4-5,8-9,16H2,1H3. The van der Waals surface area contributed by atoms with E-state index in [-0.39, 0.29) is 6.04 Å². The van der Waals surface area contributed by atoms with Crippen molar-refractivity contribution in [3.05, 3.63) is 28.8 Å². The summed E-state index contributed by atoms with van der Waals surface area (Å²) in [7, 11) is 0. The number of hydrogen-bond acceptors (Lipinski definition) is 2. The highest BCUT2D eigenvalue weighted by molar-refractivity contribution is 6.32. The average Bonchev–Trinajstić information content (AvgIpc) is 2.18. The summed E-state index contributed by atoms with van der Waals surface area (Å²) in [4.78, 5) is 0. The molecule has 0 radical (unpaired) electrons. The maximum Gasteiger partial charge on any atom is 0.141 e. The minimum Gasteiger partial charge on any atom is -0.491 e. The van der Waals surface area contributed by atoms with Crippen molar-refractivity contribution in [1.29, 1.82) is 0 Å². The van der Waals surface area contributed by atoms with Crippen molar-refractivity contribution in [2.75, 3.05) is 6.61 Å². The van der Waals surface area contributed by atoms with E-state index in [0.29, 0.717) is 5.02 Å². The molecule has 1 saturated carbocycles. The predicted molar refractivity (Wildman–Crippen MR) is 71.6 cm³/mol. The maximum atomic E-state index is 6.19. The Morgan fingerprint density at radius 2 is 2.24 bits per heavy atom. The highest BCUT2D eigenvalue weighted by Gasteiger charge is 2.19. The van der Waals surface area contributed by atoms with Crippen molar-refractivity contribution >= 4 is 11.6 Å². The lowest BCUT2D eigenvalue weighted by atomic mass is 9.86. The molecule has 3 heteroatoms. The van der Waals surface area contributed by atoms with E-state index in [1.165, 1.54) is 19.3 Å². The number of halogens is 1. The first-order valence-electron chi connectivity index (χ1n) is 6.32. The molecule has 94 valence electrons.